The zero-order valence-corrected chi connectivity index (χ0v) is 19.0. The normalized spacial score (nSPS) is 21.5. The number of hydrogen-bond donors (Lipinski definition) is 2. The lowest BCUT2D eigenvalue weighted by atomic mass is 10.1. The van der Waals surface area contributed by atoms with Crippen molar-refractivity contribution in [3.05, 3.63) is 12.7 Å². The van der Waals surface area contributed by atoms with Crippen molar-refractivity contribution in [1.82, 2.24) is 20.4 Å². The molecular weight excluding hydrogens is 374 g/mol. The molecule has 0 aromatic rings. The third-order valence-electron chi connectivity index (χ3n) is 4.28. The predicted octanol–water partition coefficient (Wildman–Crippen LogP) is 1.56. The van der Waals surface area contributed by atoms with Crippen LogP contribution in [-0.4, -0.2) is 85.0 Å². The van der Waals surface area contributed by atoms with Gasteiger partial charge in [-0.15, -0.1) is 6.58 Å². The molecule has 0 saturated carbocycles. The van der Waals surface area contributed by atoms with Crippen LogP contribution in [0.5, 0.6) is 0 Å². The highest BCUT2D eigenvalue weighted by atomic mass is 16.6. The Kier molecular flexibility index (Phi) is 8.50. The Morgan fingerprint density at radius 3 is 2.45 bits per heavy atom. The topological polar surface area (TPSA) is 95.5 Å². The van der Waals surface area contributed by atoms with E-state index in [1.54, 1.807) is 25.1 Å². The van der Waals surface area contributed by atoms with E-state index in [-0.39, 0.29) is 24.6 Å². The largest absolute Gasteiger partial charge is 0.444 e. The number of nitrogens with zero attached hydrogens (tertiary/aromatic N) is 3. The molecule has 0 aromatic heterocycles. The van der Waals surface area contributed by atoms with Crippen molar-refractivity contribution in [3.63, 3.8) is 0 Å². The SMILES string of the molecule is C=CCNC(=NCC(=O)N(C)C)NCC1C(C)OC(C)(C)N1C(=O)OC(C)(C)C. The smallest absolute Gasteiger partial charge is 0.412 e. The molecule has 2 amide bonds. The maximum absolute atomic E-state index is 12.8. The van der Waals surface area contributed by atoms with Gasteiger partial charge in [-0.05, 0) is 41.5 Å². The molecule has 29 heavy (non-hydrogen) atoms. The molecule has 2 atom stereocenters. The summed E-state index contributed by atoms with van der Waals surface area (Å²) in [6, 6.07) is -0.278. The molecule has 1 rings (SSSR count). The molecule has 2 N–H and O–H groups in total. The maximum Gasteiger partial charge on any atom is 0.412 e. The molecule has 0 bridgehead atoms. The molecule has 1 aliphatic rings. The van der Waals surface area contributed by atoms with Crippen LogP contribution >= 0.6 is 0 Å². The number of ether oxygens (including phenoxy) is 2. The molecule has 0 aromatic carbocycles. The summed E-state index contributed by atoms with van der Waals surface area (Å²) < 4.78 is 11.6. The van der Waals surface area contributed by atoms with E-state index in [1.807, 2.05) is 41.5 Å². The fourth-order valence-corrected chi connectivity index (χ4v) is 2.96. The summed E-state index contributed by atoms with van der Waals surface area (Å²) in [5.74, 6) is 0.347. The number of likely N-dealkylation sites (N-methyl/N-ethyl adjacent to an activating group) is 1. The molecule has 1 heterocycles. The number of rotatable bonds is 6. The summed E-state index contributed by atoms with van der Waals surface area (Å²) in [6.07, 6.45) is 1.05. The van der Waals surface area contributed by atoms with Gasteiger partial charge in [0.05, 0.1) is 12.1 Å². The summed E-state index contributed by atoms with van der Waals surface area (Å²) in [5, 5.41) is 6.28. The van der Waals surface area contributed by atoms with E-state index < -0.39 is 17.4 Å². The van der Waals surface area contributed by atoms with E-state index in [0.717, 1.165) is 0 Å². The van der Waals surface area contributed by atoms with Gasteiger partial charge in [0, 0.05) is 27.2 Å². The Morgan fingerprint density at radius 2 is 1.93 bits per heavy atom. The van der Waals surface area contributed by atoms with Gasteiger partial charge in [-0.25, -0.2) is 9.79 Å². The van der Waals surface area contributed by atoms with Crippen molar-refractivity contribution in [2.45, 2.75) is 65.0 Å². The maximum atomic E-state index is 12.8. The molecule has 0 aliphatic carbocycles. The number of carbonyl (C=O) groups is 2. The molecule has 9 heteroatoms. The van der Waals surface area contributed by atoms with E-state index in [2.05, 4.69) is 22.2 Å². The molecule has 1 aliphatic heterocycles. The van der Waals surface area contributed by atoms with Crippen LogP contribution in [0, 0.1) is 0 Å². The molecule has 2 unspecified atom stereocenters. The Bertz CT molecular complexity index is 625. The first-order valence-corrected chi connectivity index (χ1v) is 9.82. The molecule has 9 nitrogen and oxygen atoms in total. The van der Waals surface area contributed by atoms with Gasteiger partial charge in [0.1, 0.15) is 17.9 Å². The van der Waals surface area contributed by atoms with Gasteiger partial charge in [0.2, 0.25) is 5.91 Å². The molecule has 1 fully saturated rings. The lowest BCUT2D eigenvalue weighted by molar-refractivity contribution is -0.127. The summed E-state index contributed by atoms with van der Waals surface area (Å²) in [5.41, 5.74) is -1.41. The van der Waals surface area contributed by atoms with E-state index in [9.17, 15) is 9.59 Å². The highest BCUT2D eigenvalue weighted by molar-refractivity contribution is 5.84. The fraction of sp³-hybridized carbons (Fsp3) is 0.750. The standard InChI is InChI=1S/C20H37N5O4/c1-10-11-21-17(23-13-16(26)24(8)9)22-12-15-14(2)28-20(6,7)25(15)18(27)29-19(3,4)5/h10,14-15H,1,11-13H2,2-9H3,(H2,21,22,23). The van der Waals surface area contributed by atoms with E-state index >= 15 is 0 Å². The number of carbonyl (C=O) groups excluding carboxylic acids is 2. The number of amides is 2. The summed E-state index contributed by atoms with van der Waals surface area (Å²) in [7, 11) is 3.36. The first kappa shape index (κ1) is 24.7. The molecular formula is C20H37N5O4. The van der Waals surface area contributed by atoms with Crippen LogP contribution in [0.2, 0.25) is 0 Å². The van der Waals surface area contributed by atoms with Gasteiger partial charge < -0.3 is 25.0 Å². The van der Waals surface area contributed by atoms with Crippen molar-refractivity contribution in [3.8, 4) is 0 Å². The predicted molar refractivity (Wildman–Crippen MR) is 114 cm³/mol. The zero-order chi connectivity index (χ0) is 22.4. The number of hydrogen-bond acceptors (Lipinski definition) is 5. The molecule has 0 radical (unpaired) electrons. The number of aliphatic imine (C=N–C) groups is 1. The number of nitrogens with one attached hydrogen (secondary N) is 2. The Morgan fingerprint density at radius 1 is 1.31 bits per heavy atom. The van der Waals surface area contributed by atoms with E-state index in [0.29, 0.717) is 19.0 Å². The fourth-order valence-electron chi connectivity index (χ4n) is 2.96. The van der Waals surface area contributed by atoms with Crippen molar-refractivity contribution in [1.29, 1.82) is 0 Å². The van der Waals surface area contributed by atoms with Gasteiger partial charge in [-0.1, -0.05) is 6.08 Å². The second-order valence-electron chi connectivity index (χ2n) is 8.69. The van der Waals surface area contributed by atoms with Gasteiger partial charge in [0.15, 0.2) is 5.96 Å². The Balaban J connectivity index is 2.93. The van der Waals surface area contributed by atoms with Crippen LogP contribution < -0.4 is 10.6 Å². The Labute approximate surface area is 174 Å². The summed E-state index contributed by atoms with van der Waals surface area (Å²) in [4.78, 5) is 32.1. The highest BCUT2D eigenvalue weighted by Crippen LogP contribution is 2.33. The van der Waals surface area contributed by atoms with Crippen LogP contribution in [0.15, 0.2) is 17.6 Å². The van der Waals surface area contributed by atoms with Gasteiger partial charge in [-0.3, -0.25) is 9.69 Å². The third-order valence-corrected chi connectivity index (χ3v) is 4.28. The quantitative estimate of drug-likeness (QED) is 0.391. The van der Waals surface area contributed by atoms with E-state index in [4.69, 9.17) is 9.47 Å². The highest BCUT2D eigenvalue weighted by Gasteiger charge is 2.49. The van der Waals surface area contributed by atoms with Crippen molar-refractivity contribution in [2.24, 2.45) is 4.99 Å². The van der Waals surface area contributed by atoms with Gasteiger partial charge >= 0.3 is 6.09 Å². The van der Waals surface area contributed by atoms with Crippen LogP contribution in [0.25, 0.3) is 0 Å². The second kappa shape index (κ2) is 9.96. The second-order valence-corrected chi connectivity index (χ2v) is 8.69. The van der Waals surface area contributed by atoms with Gasteiger partial charge in [-0.2, -0.15) is 0 Å². The molecule has 0 spiro atoms. The summed E-state index contributed by atoms with van der Waals surface area (Å²) >= 11 is 0. The molecule has 1 saturated heterocycles. The third kappa shape index (κ3) is 7.56. The minimum absolute atomic E-state index is 0.0114. The van der Waals surface area contributed by atoms with Crippen LogP contribution in [0.4, 0.5) is 4.79 Å². The summed E-state index contributed by atoms with van der Waals surface area (Å²) in [6.45, 7) is 15.7. The Hall–Kier alpha value is -2.29. The molecule has 166 valence electrons. The average Bonchev–Trinajstić information content (AvgIpc) is 2.80. The first-order chi connectivity index (χ1) is 13.3. The number of guanidine groups is 1. The minimum atomic E-state index is -0.805. The van der Waals surface area contributed by atoms with Crippen LogP contribution in [0.3, 0.4) is 0 Å². The minimum Gasteiger partial charge on any atom is -0.444 e. The van der Waals surface area contributed by atoms with Crippen LogP contribution in [0.1, 0.15) is 41.5 Å². The average molecular weight is 412 g/mol. The zero-order valence-electron chi connectivity index (χ0n) is 19.0. The first-order valence-electron chi connectivity index (χ1n) is 9.82. The lowest BCUT2D eigenvalue weighted by Gasteiger charge is -2.35. The lowest BCUT2D eigenvalue weighted by Crippen LogP contribution is -2.54. The monoisotopic (exact) mass is 411 g/mol. The van der Waals surface area contributed by atoms with Gasteiger partial charge in [0.25, 0.3) is 0 Å². The van der Waals surface area contributed by atoms with Crippen LogP contribution in [-0.2, 0) is 14.3 Å². The van der Waals surface area contributed by atoms with E-state index in [1.165, 1.54) is 4.90 Å². The van der Waals surface area contributed by atoms with Crippen molar-refractivity contribution in [2.75, 3.05) is 33.7 Å². The van der Waals surface area contributed by atoms with Crippen molar-refractivity contribution >= 4 is 18.0 Å². The van der Waals surface area contributed by atoms with Crippen molar-refractivity contribution < 1.29 is 19.1 Å².